The van der Waals surface area contributed by atoms with Gasteiger partial charge in [0.2, 0.25) is 5.76 Å². The summed E-state index contributed by atoms with van der Waals surface area (Å²) in [4.78, 5) is 22.0. The fraction of sp³-hybridized carbons (Fsp3) is 0.444. The van der Waals surface area contributed by atoms with Crippen molar-refractivity contribution >= 4 is 23.6 Å². The Labute approximate surface area is 96.4 Å². The van der Waals surface area contributed by atoms with Gasteiger partial charge in [-0.3, -0.25) is 4.79 Å². The summed E-state index contributed by atoms with van der Waals surface area (Å²) < 4.78 is 4.47. The highest BCUT2D eigenvalue weighted by atomic mass is 32.2. The molecule has 0 aliphatic heterocycles. The van der Waals surface area contributed by atoms with E-state index in [1.54, 1.807) is 11.8 Å². The van der Waals surface area contributed by atoms with Crippen LogP contribution in [0.2, 0.25) is 0 Å². The molecule has 1 aromatic rings. The van der Waals surface area contributed by atoms with Gasteiger partial charge in [0.05, 0.1) is 0 Å². The zero-order chi connectivity index (χ0) is 12.1. The van der Waals surface area contributed by atoms with Gasteiger partial charge in [0.1, 0.15) is 0 Å². The van der Waals surface area contributed by atoms with Gasteiger partial charge < -0.3 is 14.9 Å². The van der Waals surface area contributed by atoms with Crippen molar-refractivity contribution in [3.63, 3.8) is 0 Å². The second-order valence-corrected chi connectivity index (χ2v) is 4.12. The Kier molecular flexibility index (Phi) is 4.36. The Morgan fingerprint density at radius 1 is 1.69 bits per heavy atom. The number of hydrogen-bond acceptors (Lipinski definition) is 5. The van der Waals surface area contributed by atoms with Gasteiger partial charge in [-0.25, -0.2) is 4.79 Å². The molecule has 0 radical (unpaired) electrons. The van der Waals surface area contributed by atoms with Crippen LogP contribution in [-0.4, -0.2) is 40.2 Å². The molecule has 1 unspecified atom stereocenters. The summed E-state index contributed by atoms with van der Waals surface area (Å²) in [6, 6.07) is 1.09. The van der Waals surface area contributed by atoms with Crippen LogP contribution in [-0.2, 0) is 0 Å². The molecule has 1 aromatic heterocycles. The quantitative estimate of drug-likeness (QED) is 0.797. The largest absolute Gasteiger partial charge is 0.475 e. The molecular weight excluding hydrogens is 232 g/mol. The number of aromatic nitrogens is 1. The number of rotatable bonds is 5. The van der Waals surface area contributed by atoms with Crippen molar-refractivity contribution < 1.29 is 19.2 Å². The third kappa shape index (κ3) is 3.27. The van der Waals surface area contributed by atoms with E-state index >= 15 is 0 Å². The van der Waals surface area contributed by atoms with Crippen LogP contribution in [0.4, 0.5) is 0 Å². The normalized spacial score (nSPS) is 12.1. The summed E-state index contributed by atoms with van der Waals surface area (Å²) >= 11 is 1.60. The molecule has 0 bridgehead atoms. The topological polar surface area (TPSA) is 92.4 Å². The molecule has 0 spiro atoms. The molecule has 2 N–H and O–H groups in total. The maximum atomic E-state index is 11.5. The highest BCUT2D eigenvalue weighted by molar-refractivity contribution is 7.98. The summed E-state index contributed by atoms with van der Waals surface area (Å²) in [6.07, 6.45) is 1.93. The summed E-state index contributed by atoms with van der Waals surface area (Å²) in [5.74, 6) is -1.25. The van der Waals surface area contributed by atoms with Crippen molar-refractivity contribution in [3.05, 3.63) is 17.5 Å². The van der Waals surface area contributed by atoms with Gasteiger partial charge in [-0.15, -0.1) is 0 Å². The average Bonchev–Trinajstić information content (AvgIpc) is 2.66. The van der Waals surface area contributed by atoms with Crippen LogP contribution in [0.25, 0.3) is 0 Å². The second kappa shape index (κ2) is 5.55. The van der Waals surface area contributed by atoms with E-state index in [1.165, 1.54) is 0 Å². The second-order valence-electron chi connectivity index (χ2n) is 3.21. The molecule has 1 atom stereocenters. The lowest BCUT2D eigenvalue weighted by molar-refractivity contribution is 0.0651. The van der Waals surface area contributed by atoms with Gasteiger partial charge in [0.25, 0.3) is 5.91 Å². The van der Waals surface area contributed by atoms with Crippen LogP contribution in [0.1, 0.15) is 28.0 Å². The first-order valence-corrected chi connectivity index (χ1v) is 5.93. The van der Waals surface area contributed by atoms with E-state index in [0.717, 1.165) is 11.8 Å². The summed E-state index contributed by atoms with van der Waals surface area (Å²) in [5.41, 5.74) is -0.0228. The molecule has 0 saturated heterocycles. The number of carbonyl (C=O) groups is 2. The maximum Gasteiger partial charge on any atom is 0.374 e. The first-order valence-electron chi connectivity index (χ1n) is 4.54. The van der Waals surface area contributed by atoms with Crippen molar-refractivity contribution in [2.75, 3.05) is 12.0 Å². The fourth-order valence-corrected chi connectivity index (χ4v) is 1.66. The van der Waals surface area contributed by atoms with Crippen LogP contribution in [0.15, 0.2) is 10.6 Å². The Balaban J connectivity index is 2.62. The van der Waals surface area contributed by atoms with Crippen LogP contribution < -0.4 is 5.32 Å². The molecule has 6 nitrogen and oxygen atoms in total. The minimum absolute atomic E-state index is 0.00696. The third-order valence-corrected chi connectivity index (χ3v) is 2.58. The Bertz CT molecular complexity index is 391. The van der Waals surface area contributed by atoms with E-state index in [0.29, 0.717) is 0 Å². The van der Waals surface area contributed by atoms with Crippen molar-refractivity contribution in [3.8, 4) is 0 Å². The van der Waals surface area contributed by atoms with Gasteiger partial charge in [0.15, 0.2) is 5.69 Å². The summed E-state index contributed by atoms with van der Waals surface area (Å²) in [6.45, 7) is 1.85. The van der Waals surface area contributed by atoms with Gasteiger partial charge in [-0.2, -0.15) is 11.8 Å². The Morgan fingerprint density at radius 2 is 2.38 bits per heavy atom. The number of hydrogen-bond donors (Lipinski definition) is 2. The maximum absolute atomic E-state index is 11.5. The van der Waals surface area contributed by atoms with Crippen LogP contribution in [0.5, 0.6) is 0 Å². The monoisotopic (exact) mass is 244 g/mol. The number of thioether (sulfide) groups is 1. The standard InChI is InChI=1S/C9H12N2O4S/c1-5(4-16-2)10-8(12)6-3-7(9(13)14)15-11-6/h3,5H,4H2,1-2H3,(H,10,12)(H,13,14). The van der Waals surface area contributed by atoms with Gasteiger partial charge >= 0.3 is 5.97 Å². The lowest BCUT2D eigenvalue weighted by atomic mass is 10.3. The molecule has 7 heteroatoms. The molecule has 0 aliphatic carbocycles. The molecule has 0 aliphatic rings. The first-order chi connectivity index (χ1) is 7.54. The molecular formula is C9H12N2O4S. The lowest BCUT2D eigenvalue weighted by Gasteiger charge is -2.10. The molecule has 88 valence electrons. The number of aromatic carboxylic acids is 1. The lowest BCUT2D eigenvalue weighted by Crippen LogP contribution is -2.34. The number of carboxylic acid groups (broad SMARTS) is 1. The minimum atomic E-state index is -1.25. The highest BCUT2D eigenvalue weighted by Gasteiger charge is 2.17. The Hall–Kier alpha value is -1.50. The third-order valence-electron chi connectivity index (χ3n) is 1.75. The smallest absolute Gasteiger partial charge is 0.374 e. The number of nitrogens with one attached hydrogen (secondary N) is 1. The first kappa shape index (κ1) is 12.6. The molecule has 1 rings (SSSR count). The van der Waals surface area contributed by atoms with Gasteiger partial charge in [-0.05, 0) is 13.2 Å². The van der Waals surface area contributed by atoms with E-state index in [9.17, 15) is 9.59 Å². The number of carbonyl (C=O) groups excluding carboxylic acids is 1. The van der Waals surface area contributed by atoms with Crippen molar-refractivity contribution in [1.82, 2.24) is 10.5 Å². The van der Waals surface area contributed by atoms with Crippen LogP contribution >= 0.6 is 11.8 Å². The van der Waals surface area contributed by atoms with Crippen molar-refractivity contribution in [2.45, 2.75) is 13.0 Å². The number of amides is 1. The predicted octanol–water partition coefficient (Wildman–Crippen LogP) is 0.854. The molecule has 1 amide bonds. The zero-order valence-electron chi connectivity index (χ0n) is 8.89. The van der Waals surface area contributed by atoms with E-state index < -0.39 is 11.9 Å². The van der Waals surface area contributed by atoms with Gasteiger partial charge in [0, 0.05) is 17.9 Å². The van der Waals surface area contributed by atoms with E-state index in [1.807, 2.05) is 13.2 Å². The fourth-order valence-electron chi connectivity index (χ4n) is 1.07. The van der Waals surface area contributed by atoms with Crippen LogP contribution in [0, 0.1) is 0 Å². The van der Waals surface area contributed by atoms with E-state index in [-0.39, 0.29) is 17.5 Å². The minimum Gasteiger partial charge on any atom is -0.475 e. The van der Waals surface area contributed by atoms with Crippen molar-refractivity contribution in [1.29, 1.82) is 0 Å². The van der Waals surface area contributed by atoms with E-state index in [4.69, 9.17) is 5.11 Å². The average molecular weight is 244 g/mol. The summed E-state index contributed by atoms with van der Waals surface area (Å²) in [5, 5.41) is 14.6. The molecule has 0 fully saturated rings. The van der Waals surface area contributed by atoms with Crippen LogP contribution in [0.3, 0.4) is 0 Å². The molecule has 0 saturated carbocycles. The molecule has 16 heavy (non-hydrogen) atoms. The van der Waals surface area contributed by atoms with E-state index in [2.05, 4.69) is 15.0 Å². The summed E-state index contributed by atoms with van der Waals surface area (Å²) in [7, 11) is 0. The SMILES string of the molecule is CSCC(C)NC(=O)c1cc(C(=O)O)on1. The predicted molar refractivity (Wildman–Crippen MR) is 58.8 cm³/mol. The molecule has 1 heterocycles. The molecule has 0 aromatic carbocycles. The number of nitrogens with zero attached hydrogens (tertiary/aromatic N) is 1. The zero-order valence-corrected chi connectivity index (χ0v) is 9.71. The highest BCUT2D eigenvalue weighted by Crippen LogP contribution is 2.04. The van der Waals surface area contributed by atoms with Gasteiger partial charge in [-0.1, -0.05) is 5.16 Å². The van der Waals surface area contributed by atoms with Crippen molar-refractivity contribution in [2.24, 2.45) is 0 Å². The number of carboxylic acids is 1. The Morgan fingerprint density at radius 3 is 2.88 bits per heavy atom.